The second-order valence-electron chi connectivity index (χ2n) is 6.95. The van der Waals surface area contributed by atoms with Crippen molar-refractivity contribution < 1.29 is 9.53 Å². The Bertz CT molecular complexity index is 573. The van der Waals surface area contributed by atoms with Crippen molar-refractivity contribution in [1.82, 2.24) is 15.2 Å². The van der Waals surface area contributed by atoms with E-state index in [2.05, 4.69) is 27.7 Å². The third-order valence-electron chi connectivity index (χ3n) is 4.86. The molecule has 3 rings (SSSR count). The Labute approximate surface area is 150 Å². The quantitative estimate of drug-likeness (QED) is 0.523. The lowest BCUT2D eigenvalue weighted by molar-refractivity contribution is -0.145. The maximum atomic E-state index is 11.4. The molecule has 0 atom stereocenters. The van der Waals surface area contributed by atoms with Crippen LogP contribution in [-0.2, 0) is 22.4 Å². The van der Waals surface area contributed by atoms with Crippen LogP contribution in [0.25, 0.3) is 0 Å². The first-order chi connectivity index (χ1) is 12.2. The molecule has 0 radical (unpaired) electrons. The minimum Gasteiger partial charge on any atom is -0.465 e. The molecular formula is C19H30N4O2. The Morgan fingerprint density at radius 1 is 1.40 bits per heavy atom. The highest BCUT2D eigenvalue weighted by atomic mass is 16.5. The Kier molecular flexibility index (Phi) is 6.64. The van der Waals surface area contributed by atoms with Gasteiger partial charge in [-0.15, -0.1) is 0 Å². The molecule has 1 aromatic heterocycles. The van der Waals surface area contributed by atoms with E-state index in [-0.39, 0.29) is 5.97 Å². The maximum Gasteiger partial charge on any atom is 0.320 e. The van der Waals surface area contributed by atoms with Crippen LogP contribution in [0.3, 0.4) is 0 Å². The van der Waals surface area contributed by atoms with Crippen molar-refractivity contribution in [2.24, 2.45) is 0 Å². The molecule has 2 aliphatic rings. The highest BCUT2D eigenvalue weighted by molar-refractivity contribution is 5.71. The monoisotopic (exact) mass is 346 g/mol. The Morgan fingerprint density at radius 2 is 2.28 bits per heavy atom. The van der Waals surface area contributed by atoms with Crippen molar-refractivity contribution in [3.63, 3.8) is 0 Å². The number of aromatic nitrogens is 1. The van der Waals surface area contributed by atoms with Gasteiger partial charge in [0, 0.05) is 31.4 Å². The fraction of sp³-hybridized carbons (Fsp3) is 0.684. The van der Waals surface area contributed by atoms with E-state index < -0.39 is 0 Å². The van der Waals surface area contributed by atoms with Gasteiger partial charge in [0.25, 0.3) is 0 Å². The van der Waals surface area contributed by atoms with Crippen molar-refractivity contribution in [3.05, 3.63) is 23.4 Å². The number of nitrogens with one attached hydrogen (secondary N) is 2. The standard InChI is InChI=1S/C19H30N4O2/c1-2-25-18(24)14-23-12-17(13-23)20-10-4-3-7-16-9-8-15-6-5-11-21-19(15)22-16/h8-9,17,20H,2-7,10-14H2,1H3,(H,21,22). The van der Waals surface area contributed by atoms with Gasteiger partial charge in [-0.25, -0.2) is 4.98 Å². The van der Waals surface area contributed by atoms with Crippen LogP contribution >= 0.6 is 0 Å². The van der Waals surface area contributed by atoms with E-state index in [0.29, 0.717) is 19.2 Å². The summed E-state index contributed by atoms with van der Waals surface area (Å²) in [4.78, 5) is 18.3. The van der Waals surface area contributed by atoms with Gasteiger partial charge in [-0.05, 0) is 57.2 Å². The first kappa shape index (κ1) is 18.1. The molecule has 3 heterocycles. The van der Waals surface area contributed by atoms with Crippen LogP contribution in [0.1, 0.15) is 37.4 Å². The normalized spacial score (nSPS) is 17.5. The highest BCUT2D eigenvalue weighted by Crippen LogP contribution is 2.20. The summed E-state index contributed by atoms with van der Waals surface area (Å²) in [5, 5.41) is 6.96. The molecule has 2 N–H and O–H groups in total. The number of anilines is 1. The fourth-order valence-corrected chi connectivity index (χ4v) is 3.46. The van der Waals surface area contributed by atoms with Gasteiger partial charge in [-0.1, -0.05) is 6.07 Å². The average molecular weight is 346 g/mol. The predicted octanol–water partition coefficient (Wildman–Crippen LogP) is 1.60. The van der Waals surface area contributed by atoms with E-state index in [0.717, 1.165) is 57.7 Å². The Hall–Kier alpha value is -1.66. The van der Waals surface area contributed by atoms with Gasteiger partial charge in [-0.3, -0.25) is 9.69 Å². The number of unbranched alkanes of at least 4 members (excludes halogenated alkanes) is 1. The molecule has 0 aromatic carbocycles. The number of ether oxygens (including phenoxy) is 1. The van der Waals surface area contributed by atoms with Crippen molar-refractivity contribution >= 4 is 11.8 Å². The topological polar surface area (TPSA) is 66.5 Å². The summed E-state index contributed by atoms with van der Waals surface area (Å²) in [6.45, 7) is 6.68. The maximum absolute atomic E-state index is 11.4. The lowest BCUT2D eigenvalue weighted by Crippen LogP contribution is -2.59. The number of esters is 1. The Morgan fingerprint density at radius 3 is 3.12 bits per heavy atom. The van der Waals surface area contributed by atoms with Crippen molar-refractivity contribution in [2.75, 3.05) is 44.6 Å². The number of nitrogens with zero attached hydrogens (tertiary/aromatic N) is 2. The SMILES string of the molecule is CCOC(=O)CN1CC(NCCCCc2ccc3c(n2)NCCC3)C1. The second-order valence-corrected chi connectivity index (χ2v) is 6.95. The molecule has 0 unspecified atom stereocenters. The molecule has 0 aliphatic carbocycles. The molecule has 6 nitrogen and oxygen atoms in total. The van der Waals surface area contributed by atoms with Crippen LogP contribution in [0.4, 0.5) is 5.82 Å². The molecule has 0 spiro atoms. The molecule has 0 bridgehead atoms. The molecule has 25 heavy (non-hydrogen) atoms. The van der Waals surface area contributed by atoms with E-state index in [1.54, 1.807) is 0 Å². The number of likely N-dealkylation sites (tertiary alicyclic amines) is 1. The summed E-state index contributed by atoms with van der Waals surface area (Å²) in [6.07, 6.45) is 5.70. The van der Waals surface area contributed by atoms with Gasteiger partial charge >= 0.3 is 5.97 Å². The number of carbonyl (C=O) groups is 1. The molecule has 1 aromatic rings. The van der Waals surface area contributed by atoms with Crippen LogP contribution in [0.15, 0.2) is 12.1 Å². The Balaban J connectivity index is 1.25. The number of pyridine rings is 1. The van der Waals surface area contributed by atoms with Gasteiger partial charge < -0.3 is 15.4 Å². The lowest BCUT2D eigenvalue weighted by atomic mass is 10.1. The third-order valence-corrected chi connectivity index (χ3v) is 4.86. The third kappa shape index (κ3) is 5.41. The van der Waals surface area contributed by atoms with E-state index in [1.807, 2.05) is 6.92 Å². The largest absolute Gasteiger partial charge is 0.465 e. The predicted molar refractivity (Wildman–Crippen MR) is 98.8 cm³/mol. The summed E-state index contributed by atoms with van der Waals surface area (Å²) in [6, 6.07) is 4.92. The van der Waals surface area contributed by atoms with Crippen LogP contribution in [0.5, 0.6) is 0 Å². The first-order valence-electron chi connectivity index (χ1n) is 9.58. The fourth-order valence-electron chi connectivity index (χ4n) is 3.46. The summed E-state index contributed by atoms with van der Waals surface area (Å²) in [7, 11) is 0. The zero-order valence-electron chi connectivity index (χ0n) is 15.2. The molecule has 6 heteroatoms. The van der Waals surface area contributed by atoms with Gasteiger partial charge in [0.05, 0.1) is 13.2 Å². The summed E-state index contributed by atoms with van der Waals surface area (Å²) in [5.74, 6) is 0.978. The smallest absolute Gasteiger partial charge is 0.320 e. The average Bonchev–Trinajstić information content (AvgIpc) is 2.59. The number of hydrogen-bond donors (Lipinski definition) is 2. The van der Waals surface area contributed by atoms with Gasteiger partial charge in [0.15, 0.2) is 0 Å². The lowest BCUT2D eigenvalue weighted by Gasteiger charge is -2.39. The minimum absolute atomic E-state index is 0.118. The van der Waals surface area contributed by atoms with Crippen molar-refractivity contribution in [1.29, 1.82) is 0 Å². The second kappa shape index (κ2) is 9.15. The van der Waals surface area contributed by atoms with Crippen molar-refractivity contribution in [2.45, 2.75) is 45.1 Å². The molecule has 138 valence electrons. The van der Waals surface area contributed by atoms with E-state index in [4.69, 9.17) is 9.72 Å². The van der Waals surface area contributed by atoms with Gasteiger partial charge in [0.1, 0.15) is 5.82 Å². The van der Waals surface area contributed by atoms with E-state index in [9.17, 15) is 4.79 Å². The molecule has 1 fully saturated rings. The summed E-state index contributed by atoms with van der Waals surface area (Å²) >= 11 is 0. The number of rotatable bonds is 9. The molecule has 0 saturated carbocycles. The minimum atomic E-state index is -0.118. The number of aryl methyl sites for hydroxylation is 2. The van der Waals surface area contributed by atoms with Crippen molar-refractivity contribution in [3.8, 4) is 0 Å². The number of fused-ring (bicyclic) bond motifs is 1. The first-order valence-corrected chi connectivity index (χ1v) is 9.58. The molecule has 0 amide bonds. The van der Waals surface area contributed by atoms with Crippen LogP contribution in [0.2, 0.25) is 0 Å². The van der Waals surface area contributed by atoms with Crippen LogP contribution < -0.4 is 10.6 Å². The van der Waals surface area contributed by atoms with Crippen LogP contribution in [-0.4, -0.2) is 61.2 Å². The van der Waals surface area contributed by atoms with Crippen LogP contribution in [0, 0.1) is 0 Å². The summed E-state index contributed by atoms with van der Waals surface area (Å²) in [5.41, 5.74) is 2.55. The highest BCUT2D eigenvalue weighted by Gasteiger charge is 2.27. The molecule has 1 saturated heterocycles. The number of carbonyl (C=O) groups excluding carboxylic acids is 1. The zero-order valence-corrected chi connectivity index (χ0v) is 15.2. The number of hydrogen-bond acceptors (Lipinski definition) is 6. The molecule has 2 aliphatic heterocycles. The zero-order chi connectivity index (χ0) is 17.5. The van der Waals surface area contributed by atoms with E-state index >= 15 is 0 Å². The summed E-state index contributed by atoms with van der Waals surface area (Å²) < 4.78 is 4.96. The van der Waals surface area contributed by atoms with Gasteiger partial charge in [-0.2, -0.15) is 0 Å². The van der Waals surface area contributed by atoms with Gasteiger partial charge in [0.2, 0.25) is 0 Å². The molecular weight excluding hydrogens is 316 g/mol. The van der Waals surface area contributed by atoms with E-state index in [1.165, 1.54) is 17.7 Å².